The van der Waals surface area contributed by atoms with Gasteiger partial charge < -0.3 is 14.4 Å². The number of ether oxygens (including phenoxy) is 2. The van der Waals surface area contributed by atoms with Crippen LogP contribution in [0.15, 0.2) is 6.07 Å². The Balaban J connectivity index is 1.79. The Labute approximate surface area is 132 Å². The fourth-order valence-electron chi connectivity index (χ4n) is 2.79. The third-order valence-corrected chi connectivity index (χ3v) is 4.19. The Morgan fingerprint density at radius 1 is 1.36 bits per heavy atom. The predicted molar refractivity (Wildman–Crippen MR) is 84.0 cm³/mol. The van der Waals surface area contributed by atoms with Gasteiger partial charge in [0.05, 0.1) is 13.2 Å². The monoisotopic (exact) mass is 309 g/mol. The molecule has 0 saturated carbocycles. The minimum atomic E-state index is 0.0500. The van der Waals surface area contributed by atoms with E-state index in [-0.39, 0.29) is 5.91 Å². The minimum absolute atomic E-state index is 0.0500. The lowest BCUT2D eigenvalue weighted by molar-refractivity contribution is 0.0326. The maximum atomic E-state index is 12.5. The smallest absolute Gasteiger partial charge is 0.274 e. The number of rotatable bonds is 7. The van der Waals surface area contributed by atoms with Crippen LogP contribution in [0.1, 0.15) is 35.9 Å². The summed E-state index contributed by atoms with van der Waals surface area (Å²) in [5, 5.41) is 4.38. The third kappa shape index (κ3) is 4.30. The Morgan fingerprint density at radius 2 is 2.09 bits per heavy atom. The zero-order valence-corrected chi connectivity index (χ0v) is 13.9. The highest BCUT2D eigenvalue weighted by atomic mass is 16.5. The highest BCUT2D eigenvalue weighted by Crippen LogP contribution is 2.19. The van der Waals surface area contributed by atoms with Crippen molar-refractivity contribution in [3.63, 3.8) is 0 Å². The van der Waals surface area contributed by atoms with Crippen LogP contribution in [0.5, 0.6) is 0 Å². The Bertz CT molecular complexity index is 479. The van der Waals surface area contributed by atoms with Crippen molar-refractivity contribution >= 4 is 5.91 Å². The average molecular weight is 309 g/mol. The van der Waals surface area contributed by atoms with Crippen molar-refractivity contribution in [3.8, 4) is 0 Å². The molecule has 124 valence electrons. The molecule has 0 aliphatic carbocycles. The van der Waals surface area contributed by atoms with Gasteiger partial charge in [-0.05, 0) is 38.7 Å². The third-order valence-electron chi connectivity index (χ3n) is 4.19. The second-order valence-corrected chi connectivity index (χ2v) is 5.79. The molecule has 0 radical (unpaired) electrons. The first-order chi connectivity index (χ1) is 10.7. The molecule has 1 aromatic heterocycles. The van der Waals surface area contributed by atoms with Crippen LogP contribution in [-0.4, -0.2) is 60.6 Å². The van der Waals surface area contributed by atoms with Gasteiger partial charge in [0.1, 0.15) is 0 Å². The molecule has 0 unspecified atom stereocenters. The highest BCUT2D eigenvalue weighted by Gasteiger charge is 2.25. The van der Waals surface area contributed by atoms with Gasteiger partial charge in [-0.2, -0.15) is 5.10 Å². The van der Waals surface area contributed by atoms with Gasteiger partial charge in [0.2, 0.25) is 0 Å². The number of likely N-dealkylation sites (tertiary alicyclic amines) is 1. The van der Waals surface area contributed by atoms with Gasteiger partial charge in [0.15, 0.2) is 5.69 Å². The van der Waals surface area contributed by atoms with Crippen molar-refractivity contribution in [2.24, 2.45) is 5.92 Å². The average Bonchev–Trinajstić information content (AvgIpc) is 2.92. The van der Waals surface area contributed by atoms with Crippen LogP contribution < -0.4 is 0 Å². The van der Waals surface area contributed by atoms with Crippen LogP contribution >= 0.6 is 0 Å². The predicted octanol–water partition coefficient (Wildman–Crippen LogP) is 1.73. The van der Waals surface area contributed by atoms with Crippen LogP contribution in [0, 0.1) is 12.8 Å². The highest BCUT2D eigenvalue weighted by molar-refractivity contribution is 5.92. The molecule has 0 spiro atoms. The maximum absolute atomic E-state index is 12.5. The normalized spacial score (nSPS) is 16.2. The molecule has 0 aromatic carbocycles. The van der Waals surface area contributed by atoms with Gasteiger partial charge in [-0.1, -0.05) is 0 Å². The number of aryl methyl sites for hydroxylation is 2. The summed E-state index contributed by atoms with van der Waals surface area (Å²) in [7, 11) is 1.68. The standard InChI is InChI=1S/C16H27N3O3/c1-4-19-13(2)11-15(17-19)16(20)18-7-5-14(6-8-18)12-22-10-9-21-3/h11,14H,4-10,12H2,1-3H3. The minimum Gasteiger partial charge on any atom is -0.382 e. The van der Waals surface area contributed by atoms with Gasteiger partial charge in [-0.15, -0.1) is 0 Å². The van der Waals surface area contributed by atoms with E-state index in [1.807, 2.05) is 29.5 Å². The second kappa shape index (κ2) is 8.29. The summed E-state index contributed by atoms with van der Waals surface area (Å²) in [4.78, 5) is 14.4. The number of piperidine rings is 1. The van der Waals surface area contributed by atoms with Gasteiger partial charge >= 0.3 is 0 Å². The molecule has 6 nitrogen and oxygen atoms in total. The number of amides is 1. The number of aromatic nitrogens is 2. The van der Waals surface area contributed by atoms with Gasteiger partial charge in [-0.25, -0.2) is 0 Å². The first-order valence-electron chi connectivity index (χ1n) is 8.06. The van der Waals surface area contributed by atoms with Crippen LogP contribution in [0.3, 0.4) is 0 Å². The maximum Gasteiger partial charge on any atom is 0.274 e. The molecule has 1 saturated heterocycles. The van der Waals surface area contributed by atoms with E-state index >= 15 is 0 Å². The van der Waals surface area contributed by atoms with Gasteiger partial charge in [-0.3, -0.25) is 9.48 Å². The van der Waals surface area contributed by atoms with E-state index < -0.39 is 0 Å². The zero-order valence-electron chi connectivity index (χ0n) is 13.9. The lowest BCUT2D eigenvalue weighted by atomic mass is 9.97. The Kier molecular flexibility index (Phi) is 6.39. The summed E-state index contributed by atoms with van der Waals surface area (Å²) in [6.07, 6.45) is 1.98. The first-order valence-corrected chi connectivity index (χ1v) is 8.06. The molecular weight excluding hydrogens is 282 g/mol. The molecule has 0 atom stereocenters. The number of carbonyl (C=O) groups is 1. The number of hydrogen-bond donors (Lipinski definition) is 0. The molecule has 1 aromatic rings. The molecule has 22 heavy (non-hydrogen) atoms. The zero-order chi connectivity index (χ0) is 15.9. The Morgan fingerprint density at radius 3 is 2.68 bits per heavy atom. The second-order valence-electron chi connectivity index (χ2n) is 5.79. The van der Waals surface area contributed by atoms with Gasteiger partial charge in [0, 0.05) is 39.0 Å². The summed E-state index contributed by atoms with van der Waals surface area (Å²) < 4.78 is 12.4. The quantitative estimate of drug-likeness (QED) is 0.720. The molecule has 2 heterocycles. The molecule has 1 fully saturated rings. The van der Waals surface area contributed by atoms with E-state index in [0.29, 0.717) is 24.8 Å². The summed E-state index contributed by atoms with van der Waals surface area (Å²) in [6, 6.07) is 1.88. The lowest BCUT2D eigenvalue weighted by Crippen LogP contribution is -2.39. The summed E-state index contributed by atoms with van der Waals surface area (Å²) >= 11 is 0. The van der Waals surface area contributed by atoms with Crippen LogP contribution in [0.4, 0.5) is 0 Å². The van der Waals surface area contributed by atoms with E-state index in [2.05, 4.69) is 5.10 Å². The van der Waals surface area contributed by atoms with Gasteiger partial charge in [0.25, 0.3) is 5.91 Å². The largest absolute Gasteiger partial charge is 0.382 e. The van der Waals surface area contributed by atoms with E-state index in [0.717, 1.165) is 44.8 Å². The summed E-state index contributed by atoms with van der Waals surface area (Å²) in [5.74, 6) is 0.588. The molecule has 1 aliphatic rings. The molecular formula is C16H27N3O3. The lowest BCUT2D eigenvalue weighted by Gasteiger charge is -2.31. The summed E-state index contributed by atoms with van der Waals surface area (Å²) in [5.41, 5.74) is 1.60. The summed E-state index contributed by atoms with van der Waals surface area (Å²) in [6.45, 7) is 8.42. The molecule has 1 aliphatic heterocycles. The van der Waals surface area contributed by atoms with Crippen LogP contribution in [0.2, 0.25) is 0 Å². The number of carbonyl (C=O) groups excluding carboxylic acids is 1. The van der Waals surface area contributed by atoms with Crippen molar-refractivity contribution in [1.82, 2.24) is 14.7 Å². The van der Waals surface area contributed by atoms with E-state index in [1.54, 1.807) is 7.11 Å². The fraction of sp³-hybridized carbons (Fsp3) is 0.750. The van der Waals surface area contributed by atoms with Crippen molar-refractivity contribution in [3.05, 3.63) is 17.5 Å². The van der Waals surface area contributed by atoms with Crippen molar-refractivity contribution in [2.45, 2.75) is 33.2 Å². The molecule has 0 N–H and O–H groups in total. The van der Waals surface area contributed by atoms with Crippen molar-refractivity contribution in [2.75, 3.05) is 40.0 Å². The molecule has 6 heteroatoms. The SMILES string of the molecule is CCn1nc(C(=O)N2CCC(COCCOC)CC2)cc1C. The van der Waals surface area contributed by atoms with Crippen LogP contribution in [-0.2, 0) is 16.0 Å². The van der Waals surface area contributed by atoms with Crippen molar-refractivity contribution in [1.29, 1.82) is 0 Å². The number of hydrogen-bond acceptors (Lipinski definition) is 4. The van der Waals surface area contributed by atoms with Crippen LogP contribution in [0.25, 0.3) is 0 Å². The van der Waals surface area contributed by atoms with E-state index in [9.17, 15) is 4.79 Å². The van der Waals surface area contributed by atoms with E-state index in [1.165, 1.54) is 0 Å². The topological polar surface area (TPSA) is 56.6 Å². The Hall–Kier alpha value is -1.40. The molecule has 1 amide bonds. The van der Waals surface area contributed by atoms with Crippen molar-refractivity contribution < 1.29 is 14.3 Å². The fourth-order valence-corrected chi connectivity index (χ4v) is 2.79. The van der Waals surface area contributed by atoms with E-state index in [4.69, 9.17) is 9.47 Å². The number of nitrogens with zero attached hydrogens (tertiary/aromatic N) is 3. The first kappa shape index (κ1) is 17.0. The number of methoxy groups -OCH3 is 1. The molecule has 0 bridgehead atoms. The molecule has 2 rings (SSSR count).